The van der Waals surface area contributed by atoms with Crippen molar-refractivity contribution in [3.63, 3.8) is 0 Å². The highest BCUT2D eigenvalue weighted by atomic mass is 19.1. The Morgan fingerprint density at radius 2 is 1.92 bits per heavy atom. The fraction of sp³-hybridized carbons (Fsp3) is 0.444. The smallest absolute Gasteiger partial charge is 0.255 e. The van der Waals surface area contributed by atoms with Crippen molar-refractivity contribution in [2.24, 2.45) is 0 Å². The van der Waals surface area contributed by atoms with E-state index in [1.807, 2.05) is 24.3 Å². The molecule has 8 nitrogen and oxygen atoms in total. The van der Waals surface area contributed by atoms with Gasteiger partial charge in [-0.25, -0.2) is 4.39 Å². The summed E-state index contributed by atoms with van der Waals surface area (Å²) in [4.78, 5) is 40.7. The van der Waals surface area contributed by atoms with Crippen molar-refractivity contribution in [3.05, 3.63) is 65.0 Å². The minimum atomic E-state index is -0.636. The molecule has 2 N–H and O–H groups in total. The van der Waals surface area contributed by atoms with Crippen LogP contribution in [0.15, 0.2) is 42.5 Å². The molecule has 3 aliphatic rings. The van der Waals surface area contributed by atoms with Crippen LogP contribution in [0.25, 0.3) is 0 Å². The summed E-state index contributed by atoms with van der Waals surface area (Å²) in [5.74, 6) is -0.465. The van der Waals surface area contributed by atoms with Gasteiger partial charge in [-0.15, -0.1) is 0 Å². The number of rotatable bonds is 7. The summed E-state index contributed by atoms with van der Waals surface area (Å²) in [5, 5.41) is 5.86. The molecule has 2 aromatic rings. The van der Waals surface area contributed by atoms with Crippen LogP contribution in [0.1, 0.15) is 47.7 Å². The normalized spacial score (nSPS) is 24.6. The minimum absolute atomic E-state index is 0.0967. The third-order valence-electron chi connectivity index (χ3n) is 7.21. The van der Waals surface area contributed by atoms with Gasteiger partial charge < -0.3 is 15.0 Å². The third kappa shape index (κ3) is 5.12. The predicted molar refractivity (Wildman–Crippen MR) is 131 cm³/mol. The Labute approximate surface area is 209 Å². The molecule has 3 amide bonds. The van der Waals surface area contributed by atoms with E-state index in [1.54, 1.807) is 11.0 Å². The quantitative estimate of drug-likeness (QED) is 0.574. The molecule has 5 rings (SSSR count). The van der Waals surface area contributed by atoms with Crippen molar-refractivity contribution < 1.29 is 23.5 Å². The third-order valence-corrected chi connectivity index (χ3v) is 7.21. The number of hydrogen-bond donors (Lipinski definition) is 2. The first-order valence-electron chi connectivity index (χ1n) is 12.6. The number of likely N-dealkylation sites (tertiary alicyclic amines) is 1. The zero-order valence-corrected chi connectivity index (χ0v) is 20.3. The van der Waals surface area contributed by atoms with Crippen LogP contribution in [0, 0.1) is 5.82 Å². The molecule has 3 heterocycles. The van der Waals surface area contributed by atoms with Gasteiger partial charge >= 0.3 is 0 Å². The highest BCUT2D eigenvalue weighted by molar-refractivity contribution is 6.05. The van der Waals surface area contributed by atoms with Crippen molar-refractivity contribution in [3.8, 4) is 5.75 Å². The van der Waals surface area contributed by atoms with E-state index < -0.39 is 11.9 Å². The summed E-state index contributed by atoms with van der Waals surface area (Å²) in [6, 6.07) is 11.6. The number of hydrogen-bond acceptors (Lipinski definition) is 6. The van der Waals surface area contributed by atoms with Gasteiger partial charge in [0.25, 0.3) is 5.91 Å². The number of imide groups is 1. The zero-order valence-electron chi connectivity index (χ0n) is 20.3. The second-order valence-electron chi connectivity index (χ2n) is 9.69. The number of amides is 3. The summed E-state index contributed by atoms with van der Waals surface area (Å²) >= 11 is 0. The summed E-state index contributed by atoms with van der Waals surface area (Å²) in [5.41, 5.74) is 2.44. The van der Waals surface area contributed by atoms with E-state index in [4.69, 9.17) is 4.74 Å². The SMILES string of the molecule is CCN[C@H]1CCN(Cc2ccc(F)cc2)C[C@@H]1Oc1ccc2c(c1)CN(C1CCC(=O)NC1=O)C2=O. The van der Waals surface area contributed by atoms with E-state index >= 15 is 0 Å². The topological polar surface area (TPSA) is 91.0 Å². The molecule has 3 aliphatic heterocycles. The number of carbonyl (C=O) groups excluding carboxylic acids is 3. The van der Waals surface area contributed by atoms with Gasteiger partial charge in [0.2, 0.25) is 11.8 Å². The van der Waals surface area contributed by atoms with Crippen molar-refractivity contribution in [1.82, 2.24) is 20.4 Å². The van der Waals surface area contributed by atoms with E-state index in [0.717, 1.165) is 37.2 Å². The highest BCUT2D eigenvalue weighted by Gasteiger charge is 2.39. The van der Waals surface area contributed by atoms with Gasteiger partial charge in [-0.05, 0) is 60.8 Å². The van der Waals surface area contributed by atoms with Gasteiger partial charge in [0.05, 0.1) is 0 Å². The number of likely N-dealkylation sites (N-methyl/N-ethyl adjacent to an activating group) is 1. The average molecular weight is 495 g/mol. The Hall–Kier alpha value is -3.30. The van der Waals surface area contributed by atoms with E-state index in [0.29, 0.717) is 30.8 Å². The monoisotopic (exact) mass is 494 g/mol. The molecule has 2 saturated heterocycles. The molecule has 3 atom stereocenters. The van der Waals surface area contributed by atoms with Gasteiger partial charge in [0.1, 0.15) is 23.7 Å². The first-order valence-corrected chi connectivity index (χ1v) is 12.6. The van der Waals surface area contributed by atoms with E-state index in [1.165, 1.54) is 12.1 Å². The molecule has 0 bridgehead atoms. The maximum Gasteiger partial charge on any atom is 0.255 e. The fourth-order valence-corrected chi connectivity index (χ4v) is 5.39. The van der Waals surface area contributed by atoms with Crippen LogP contribution >= 0.6 is 0 Å². The first kappa shape index (κ1) is 24.4. The standard InChI is InChI=1S/C27H31FN4O4/c1-2-29-22-11-12-31(14-17-3-5-19(28)6-4-17)16-24(22)36-20-7-8-21-18(13-20)15-32(27(21)35)23-9-10-25(33)30-26(23)34/h3-8,13,22-24,29H,2,9-12,14-16H2,1H3,(H,30,33,34)/t22-,23?,24-/m0/s1. The van der Waals surface area contributed by atoms with Gasteiger partial charge in [0.15, 0.2) is 0 Å². The molecule has 0 radical (unpaired) electrons. The number of benzene rings is 2. The largest absolute Gasteiger partial charge is 0.487 e. The molecule has 36 heavy (non-hydrogen) atoms. The number of halogens is 1. The zero-order chi connectivity index (χ0) is 25.2. The molecule has 0 aromatic heterocycles. The lowest BCUT2D eigenvalue weighted by molar-refractivity contribution is -0.136. The molecular formula is C27H31FN4O4. The lowest BCUT2D eigenvalue weighted by atomic mass is 10.0. The Morgan fingerprint density at radius 1 is 1.11 bits per heavy atom. The van der Waals surface area contributed by atoms with Crippen LogP contribution in [0.2, 0.25) is 0 Å². The molecule has 9 heteroatoms. The molecular weight excluding hydrogens is 463 g/mol. The Bertz CT molecular complexity index is 1150. The van der Waals surface area contributed by atoms with Crippen molar-refractivity contribution in [2.45, 2.75) is 57.5 Å². The Kier molecular flexibility index (Phi) is 7.02. The minimum Gasteiger partial charge on any atom is -0.487 e. The van der Waals surface area contributed by atoms with Crippen LogP contribution in [-0.2, 0) is 22.7 Å². The van der Waals surface area contributed by atoms with Crippen LogP contribution in [0.5, 0.6) is 5.75 Å². The maximum absolute atomic E-state index is 13.3. The molecule has 1 unspecified atom stereocenters. The number of nitrogens with zero attached hydrogens (tertiary/aromatic N) is 2. The van der Waals surface area contributed by atoms with Crippen LogP contribution < -0.4 is 15.4 Å². The molecule has 190 valence electrons. The molecule has 2 aromatic carbocycles. The number of carbonyl (C=O) groups is 3. The number of fused-ring (bicyclic) bond motifs is 1. The van der Waals surface area contributed by atoms with E-state index in [9.17, 15) is 18.8 Å². The number of piperidine rings is 2. The van der Waals surface area contributed by atoms with E-state index in [-0.39, 0.29) is 36.2 Å². The second kappa shape index (κ2) is 10.4. The van der Waals surface area contributed by atoms with Crippen molar-refractivity contribution in [2.75, 3.05) is 19.6 Å². The summed E-state index contributed by atoms with van der Waals surface area (Å²) in [6.07, 6.45) is 1.39. The van der Waals surface area contributed by atoms with Gasteiger partial charge in [0, 0.05) is 44.2 Å². The molecule has 0 saturated carbocycles. The predicted octanol–water partition coefficient (Wildman–Crippen LogP) is 2.22. The lowest BCUT2D eigenvalue weighted by Crippen LogP contribution is -2.54. The van der Waals surface area contributed by atoms with E-state index in [2.05, 4.69) is 22.5 Å². The van der Waals surface area contributed by atoms with Crippen LogP contribution in [0.4, 0.5) is 4.39 Å². The molecule has 0 aliphatic carbocycles. The summed E-state index contributed by atoms with van der Waals surface area (Å²) in [6.45, 7) is 5.57. The number of nitrogens with one attached hydrogen (secondary N) is 2. The summed E-state index contributed by atoms with van der Waals surface area (Å²) in [7, 11) is 0. The first-order chi connectivity index (χ1) is 17.4. The lowest BCUT2D eigenvalue weighted by Gasteiger charge is -2.39. The van der Waals surface area contributed by atoms with Gasteiger partial charge in [-0.2, -0.15) is 0 Å². The molecule has 2 fully saturated rings. The second-order valence-corrected chi connectivity index (χ2v) is 9.69. The van der Waals surface area contributed by atoms with Gasteiger partial charge in [-0.1, -0.05) is 19.1 Å². The van der Waals surface area contributed by atoms with Crippen molar-refractivity contribution >= 4 is 17.7 Å². The van der Waals surface area contributed by atoms with Crippen LogP contribution in [-0.4, -0.2) is 65.3 Å². The van der Waals surface area contributed by atoms with Crippen molar-refractivity contribution in [1.29, 1.82) is 0 Å². The fourth-order valence-electron chi connectivity index (χ4n) is 5.39. The maximum atomic E-state index is 13.3. The molecule has 0 spiro atoms. The summed E-state index contributed by atoms with van der Waals surface area (Å²) < 4.78 is 19.8. The Balaban J connectivity index is 1.28. The van der Waals surface area contributed by atoms with Crippen LogP contribution in [0.3, 0.4) is 0 Å². The number of ether oxygens (including phenoxy) is 1. The average Bonchev–Trinajstić information content (AvgIpc) is 3.17. The highest BCUT2D eigenvalue weighted by Crippen LogP contribution is 2.31. The van der Waals surface area contributed by atoms with Gasteiger partial charge in [-0.3, -0.25) is 24.6 Å². The Morgan fingerprint density at radius 3 is 2.67 bits per heavy atom.